The molecule has 5 nitrogen and oxygen atoms in total. The van der Waals surface area contributed by atoms with Crippen LogP contribution in [0.1, 0.15) is 0 Å². The Labute approximate surface area is 57.8 Å². The van der Waals surface area contributed by atoms with Gasteiger partial charge in [-0.2, -0.15) is 0 Å². The van der Waals surface area contributed by atoms with Crippen LogP contribution in [0.15, 0.2) is 0 Å². The predicted molar refractivity (Wildman–Crippen MR) is 29.9 cm³/mol. The Balaban J connectivity index is 1.95. The molecule has 0 radical (unpaired) electrons. The highest BCUT2D eigenvalue weighted by Crippen LogP contribution is 2.19. The highest BCUT2D eigenvalue weighted by atomic mass is 16.8. The van der Waals surface area contributed by atoms with E-state index in [1.807, 2.05) is 0 Å². The molecular formula is C5H10O5. The maximum absolute atomic E-state index is 8.71. The van der Waals surface area contributed by atoms with Crippen LogP contribution in [0.4, 0.5) is 0 Å². The average molecular weight is 150 g/mol. The van der Waals surface area contributed by atoms with Crippen molar-refractivity contribution in [2.75, 3.05) is 13.2 Å². The van der Waals surface area contributed by atoms with Crippen molar-refractivity contribution in [3.05, 3.63) is 0 Å². The lowest BCUT2D eigenvalue weighted by Crippen LogP contribution is -2.20. The molecule has 0 amide bonds. The van der Waals surface area contributed by atoms with Gasteiger partial charge in [-0.15, -0.1) is 0 Å². The minimum absolute atomic E-state index is 0.0156. The molecule has 0 bridgehead atoms. The second-order valence-corrected chi connectivity index (χ2v) is 2.06. The molecule has 1 saturated heterocycles. The van der Waals surface area contributed by atoms with E-state index in [4.69, 9.17) is 20.1 Å². The maximum atomic E-state index is 8.71. The minimum Gasteiger partial charge on any atom is -0.394 e. The quantitative estimate of drug-likeness (QED) is 0.405. The zero-order valence-electron chi connectivity index (χ0n) is 5.30. The monoisotopic (exact) mass is 150 g/mol. The van der Waals surface area contributed by atoms with Crippen molar-refractivity contribution in [3.63, 3.8) is 0 Å². The Morgan fingerprint density at radius 3 is 2.60 bits per heavy atom. The third-order valence-electron chi connectivity index (χ3n) is 1.09. The topological polar surface area (TPSA) is 82.5 Å². The molecule has 10 heavy (non-hydrogen) atoms. The number of epoxide rings is 1. The molecule has 0 spiro atoms. The molecule has 1 rings (SSSR count). The first kappa shape index (κ1) is 7.90. The van der Waals surface area contributed by atoms with E-state index in [2.05, 4.69) is 4.74 Å². The largest absolute Gasteiger partial charge is 0.394 e. The van der Waals surface area contributed by atoms with E-state index in [0.29, 0.717) is 0 Å². The minimum atomic E-state index is -0.892. The highest BCUT2D eigenvalue weighted by Gasteiger charge is 2.38. The number of hydrogen-bond donors (Lipinski definition) is 3. The molecule has 60 valence electrons. The summed E-state index contributed by atoms with van der Waals surface area (Å²) in [6, 6.07) is 0. The van der Waals surface area contributed by atoms with Gasteiger partial charge in [-0.05, 0) is 0 Å². The summed E-state index contributed by atoms with van der Waals surface area (Å²) in [6.07, 6.45) is -2.36. The summed E-state index contributed by atoms with van der Waals surface area (Å²) in [5, 5.41) is 25.5. The van der Waals surface area contributed by atoms with Crippen LogP contribution >= 0.6 is 0 Å². The Hall–Kier alpha value is -0.200. The molecule has 0 saturated carbocycles. The number of rotatable bonds is 4. The first-order chi connectivity index (χ1) is 4.74. The highest BCUT2D eigenvalue weighted by molar-refractivity contribution is 4.64. The van der Waals surface area contributed by atoms with E-state index in [1.54, 1.807) is 0 Å². The Morgan fingerprint density at radius 1 is 1.60 bits per heavy atom. The first-order valence-corrected chi connectivity index (χ1v) is 2.98. The van der Waals surface area contributed by atoms with Crippen LogP contribution in [0, 0.1) is 0 Å². The van der Waals surface area contributed by atoms with Gasteiger partial charge >= 0.3 is 0 Å². The molecule has 3 N–H and O–H groups in total. The zero-order valence-corrected chi connectivity index (χ0v) is 5.30. The molecular weight excluding hydrogens is 140 g/mol. The van der Waals surface area contributed by atoms with E-state index in [9.17, 15) is 0 Å². The Morgan fingerprint density at radius 2 is 2.20 bits per heavy atom. The first-order valence-electron chi connectivity index (χ1n) is 2.98. The SMILES string of the molecule is OCC(O)COC1O[C@H]1O. The number of aliphatic hydroxyl groups is 3. The fourth-order valence-electron chi connectivity index (χ4n) is 0.472. The second kappa shape index (κ2) is 3.27. The smallest absolute Gasteiger partial charge is 0.212 e. The Bertz CT molecular complexity index is 102. The molecule has 1 aliphatic rings. The van der Waals surface area contributed by atoms with Gasteiger partial charge in [0.25, 0.3) is 0 Å². The van der Waals surface area contributed by atoms with Gasteiger partial charge in [0.1, 0.15) is 6.10 Å². The van der Waals surface area contributed by atoms with Crippen LogP contribution in [-0.4, -0.2) is 47.2 Å². The lowest BCUT2D eigenvalue weighted by Gasteiger charge is -2.04. The van der Waals surface area contributed by atoms with Crippen LogP contribution in [0.5, 0.6) is 0 Å². The summed E-state index contributed by atoms with van der Waals surface area (Å²) in [4.78, 5) is 0. The van der Waals surface area contributed by atoms with Gasteiger partial charge in [0.05, 0.1) is 13.2 Å². The normalized spacial score (nSPS) is 33.9. The van der Waals surface area contributed by atoms with Gasteiger partial charge in [0, 0.05) is 0 Å². The van der Waals surface area contributed by atoms with Crippen molar-refractivity contribution in [2.24, 2.45) is 0 Å². The van der Waals surface area contributed by atoms with E-state index in [0.717, 1.165) is 0 Å². The van der Waals surface area contributed by atoms with E-state index >= 15 is 0 Å². The molecule has 0 aromatic rings. The maximum Gasteiger partial charge on any atom is 0.212 e. The van der Waals surface area contributed by atoms with Crippen molar-refractivity contribution in [3.8, 4) is 0 Å². The molecule has 1 heterocycles. The van der Waals surface area contributed by atoms with E-state index in [-0.39, 0.29) is 13.2 Å². The fourth-order valence-corrected chi connectivity index (χ4v) is 0.472. The van der Waals surface area contributed by atoms with Crippen molar-refractivity contribution in [1.29, 1.82) is 0 Å². The lowest BCUT2D eigenvalue weighted by molar-refractivity contribution is -0.0282. The molecule has 0 aromatic heterocycles. The molecule has 2 unspecified atom stereocenters. The summed E-state index contributed by atoms with van der Waals surface area (Å²) >= 11 is 0. The number of ether oxygens (including phenoxy) is 2. The standard InChI is InChI=1S/C5H10O5/c6-1-3(7)2-9-5-4(8)10-5/h3-8H,1-2H2/t3?,4-,5?/m1/s1. The van der Waals surface area contributed by atoms with Crippen LogP contribution in [-0.2, 0) is 9.47 Å². The Kier molecular flexibility index (Phi) is 2.58. The van der Waals surface area contributed by atoms with Gasteiger partial charge < -0.3 is 24.8 Å². The van der Waals surface area contributed by atoms with Crippen molar-refractivity contribution >= 4 is 0 Å². The summed E-state index contributed by atoms with van der Waals surface area (Å²) in [5.41, 5.74) is 0. The van der Waals surface area contributed by atoms with Gasteiger partial charge in [-0.3, -0.25) is 0 Å². The number of hydrogen-bond acceptors (Lipinski definition) is 5. The predicted octanol–water partition coefficient (Wildman–Crippen LogP) is -1.97. The fraction of sp³-hybridized carbons (Fsp3) is 1.00. The lowest BCUT2D eigenvalue weighted by atomic mass is 10.4. The number of aliphatic hydroxyl groups excluding tert-OH is 3. The third kappa shape index (κ3) is 2.20. The van der Waals surface area contributed by atoms with Crippen LogP contribution < -0.4 is 0 Å². The van der Waals surface area contributed by atoms with E-state index < -0.39 is 18.7 Å². The summed E-state index contributed by atoms with van der Waals surface area (Å²) in [5.74, 6) is 0. The second-order valence-electron chi connectivity index (χ2n) is 2.06. The summed E-state index contributed by atoms with van der Waals surface area (Å²) in [6.45, 7) is -0.360. The molecule has 5 heteroatoms. The molecule has 1 fully saturated rings. The average Bonchev–Trinajstić information content (AvgIpc) is 2.61. The van der Waals surface area contributed by atoms with Crippen molar-refractivity contribution in [2.45, 2.75) is 18.7 Å². The van der Waals surface area contributed by atoms with Gasteiger partial charge in [0.15, 0.2) is 0 Å². The van der Waals surface area contributed by atoms with Crippen molar-refractivity contribution < 1.29 is 24.8 Å². The molecule has 1 aliphatic heterocycles. The molecule has 0 aliphatic carbocycles. The van der Waals surface area contributed by atoms with Gasteiger partial charge in [-0.25, -0.2) is 0 Å². The molecule has 3 atom stereocenters. The molecule has 0 aromatic carbocycles. The van der Waals surface area contributed by atoms with Crippen molar-refractivity contribution in [1.82, 2.24) is 0 Å². The third-order valence-corrected chi connectivity index (χ3v) is 1.09. The van der Waals surface area contributed by atoms with Crippen LogP contribution in [0.2, 0.25) is 0 Å². The van der Waals surface area contributed by atoms with Crippen LogP contribution in [0.25, 0.3) is 0 Å². The van der Waals surface area contributed by atoms with Crippen LogP contribution in [0.3, 0.4) is 0 Å². The zero-order chi connectivity index (χ0) is 7.56. The summed E-state index contributed by atoms with van der Waals surface area (Å²) in [7, 11) is 0. The van der Waals surface area contributed by atoms with Gasteiger partial charge in [0.2, 0.25) is 12.6 Å². The van der Waals surface area contributed by atoms with Gasteiger partial charge in [-0.1, -0.05) is 0 Å². The van der Waals surface area contributed by atoms with E-state index in [1.165, 1.54) is 0 Å². The summed E-state index contributed by atoms with van der Waals surface area (Å²) < 4.78 is 9.19.